The second kappa shape index (κ2) is 12.4. The monoisotopic (exact) mass is 536 g/mol. The lowest BCUT2D eigenvalue weighted by Crippen LogP contribution is -2.51. The molecule has 2 atom stereocenters. The number of carbonyl (C=O) groups is 1. The van der Waals surface area contributed by atoms with Gasteiger partial charge >= 0.3 is 0 Å². The Bertz CT molecular complexity index is 771. The highest BCUT2D eigenvalue weighted by atomic mass is 127. The van der Waals surface area contributed by atoms with Crippen molar-refractivity contribution in [1.82, 2.24) is 10.2 Å². The van der Waals surface area contributed by atoms with Crippen molar-refractivity contribution in [2.24, 2.45) is 16.6 Å². The Morgan fingerprint density at radius 2 is 2.00 bits per heavy atom. The molecule has 2 rings (SSSR count). The number of sulfone groups is 1. The molecule has 0 radical (unpaired) electrons. The number of benzene rings is 1. The summed E-state index contributed by atoms with van der Waals surface area (Å²) in [5.74, 6) is 0.652. The van der Waals surface area contributed by atoms with Gasteiger partial charge in [-0.05, 0) is 44.2 Å². The Labute approximate surface area is 191 Å². The molecule has 1 amide bonds. The van der Waals surface area contributed by atoms with Crippen molar-refractivity contribution in [1.29, 1.82) is 0 Å². The third kappa shape index (κ3) is 8.12. The molecule has 1 aromatic carbocycles. The summed E-state index contributed by atoms with van der Waals surface area (Å²) in [5, 5.41) is 3.35. The molecule has 1 saturated heterocycles. The molecule has 9 heteroatoms. The molecule has 164 valence electrons. The van der Waals surface area contributed by atoms with E-state index in [1.54, 1.807) is 30.3 Å². The molecule has 1 aliphatic rings. The number of hydrogen-bond acceptors (Lipinski definition) is 4. The minimum absolute atomic E-state index is 0. The third-order valence-corrected chi connectivity index (χ3v) is 6.80. The SMILES string of the molecule is CCN=C(NC(CC)CS(=O)(=O)c1ccccc1)N1CCCC(CC(N)=O)C1.I. The van der Waals surface area contributed by atoms with Crippen LogP contribution in [0.4, 0.5) is 0 Å². The van der Waals surface area contributed by atoms with Gasteiger partial charge in [0.2, 0.25) is 5.91 Å². The third-order valence-electron chi connectivity index (χ3n) is 4.97. The first-order chi connectivity index (χ1) is 13.4. The van der Waals surface area contributed by atoms with E-state index in [9.17, 15) is 13.2 Å². The molecule has 29 heavy (non-hydrogen) atoms. The average molecular weight is 536 g/mol. The van der Waals surface area contributed by atoms with Gasteiger partial charge in [0.05, 0.1) is 10.6 Å². The van der Waals surface area contributed by atoms with Crippen molar-refractivity contribution in [3.63, 3.8) is 0 Å². The van der Waals surface area contributed by atoms with Crippen LogP contribution in [0.2, 0.25) is 0 Å². The summed E-state index contributed by atoms with van der Waals surface area (Å²) in [6.07, 6.45) is 2.96. The summed E-state index contributed by atoms with van der Waals surface area (Å²) < 4.78 is 25.5. The predicted molar refractivity (Wildman–Crippen MR) is 127 cm³/mol. The van der Waals surface area contributed by atoms with Crippen molar-refractivity contribution >= 4 is 45.7 Å². The van der Waals surface area contributed by atoms with E-state index in [1.165, 1.54) is 0 Å². The molecule has 3 N–H and O–H groups in total. The van der Waals surface area contributed by atoms with Crippen molar-refractivity contribution in [2.45, 2.75) is 50.5 Å². The number of nitrogens with two attached hydrogens (primary N) is 1. The van der Waals surface area contributed by atoms with Gasteiger partial charge in [0, 0.05) is 32.1 Å². The number of rotatable bonds is 8. The van der Waals surface area contributed by atoms with Gasteiger partial charge in [-0.15, -0.1) is 24.0 Å². The first-order valence-corrected chi connectivity index (χ1v) is 11.6. The van der Waals surface area contributed by atoms with Gasteiger partial charge in [-0.2, -0.15) is 0 Å². The van der Waals surface area contributed by atoms with Crippen LogP contribution < -0.4 is 11.1 Å². The van der Waals surface area contributed by atoms with Gasteiger partial charge in [0.25, 0.3) is 0 Å². The number of aliphatic imine (C=N–C) groups is 1. The fourth-order valence-corrected chi connectivity index (χ4v) is 5.14. The zero-order chi connectivity index (χ0) is 20.6. The quantitative estimate of drug-likeness (QED) is 0.302. The van der Waals surface area contributed by atoms with Gasteiger partial charge < -0.3 is 16.0 Å². The van der Waals surface area contributed by atoms with E-state index >= 15 is 0 Å². The Balaban J connectivity index is 0.00000420. The molecule has 0 aliphatic carbocycles. The molecule has 0 aromatic heterocycles. The summed E-state index contributed by atoms with van der Waals surface area (Å²) in [6.45, 7) is 6.06. The standard InChI is InChI=1S/C20H32N4O3S.HI/c1-3-17(15-28(26,27)18-10-6-5-7-11-18)23-20(22-4-2)24-12-8-9-16(14-24)13-19(21)25;/h5-7,10-11,16-17H,3-4,8-9,12-15H2,1-2H3,(H2,21,25)(H,22,23);1H. The van der Waals surface area contributed by atoms with Gasteiger partial charge in [-0.1, -0.05) is 25.1 Å². The van der Waals surface area contributed by atoms with Crippen molar-refractivity contribution in [3.05, 3.63) is 30.3 Å². The molecule has 1 heterocycles. The van der Waals surface area contributed by atoms with Gasteiger partial charge in [0.1, 0.15) is 0 Å². The second-order valence-corrected chi connectivity index (χ2v) is 9.30. The zero-order valence-electron chi connectivity index (χ0n) is 17.2. The second-order valence-electron chi connectivity index (χ2n) is 7.27. The minimum Gasteiger partial charge on any atom is -0.370 e. The number of likely N-dealkylation sites (tertiary alicyclic amines) is 1. The summed E-state index contributed by atoms with van der Waals surface area (Å²) in [4.78, 5) is 18.3. The summed E-state index contributed by atoms with van der Waals surface area (Å²) >= 11 is 0. The Morgan fingerprint density at radius 3 is 2.59 bits per heavy atom. The molecule has 1 fully saturated rings. The van der Waals surface area contributed by atoms with E-state index in [2.05, 4.69) is 15.2 Å². The topological polar surface area (TPSA) is 105 Å². The lowest BCUT2D eigenvalue weighted by molar-refractivity contribution is -0.119. The molecular formula is C20H33IN4O3S. The lowest BCUT2D eigenvalue weighted by Gasteiger charge is -2.36. The number of hydrogen-bond donors (Lipinski definition) is 2. The predicted octanol–water partition coefficient (Wildman–Crippen LogP) is 2.41. The molecule has 0 bridgehead atoms. The Hall–Kier alpha value is -1.36. The van der Waals surface area contributed by atoms with Crippen LogP contribution in [0.1, 0.15) is 39.5 Å². The first-order valence-electron chi connectivity index (χ1n) is 9.97. The number of nitrogens with zero attached hydrogens (tertiary/aromatic N) is 2. The van der Waals surface area contributed by atoms with E-state index in [4.69, 9.17) is 5.73 Å². The van der Waals surface area contributed by atoms with Crippen molar-refractivity contribution in [2.75, 3.05) is 25.4 Å². The highest BCUT2D eigenvalue weighted by molar-refractivity contribution is 14.0. The molecule has 1 aromatic rings. The minimum atomic E-state index is -3.39. The van der Waals surface area contributed by atoms with E-state index in [-0.39, 0.29) is 47.6 Å². The van der Waals surface area contributed by atoms with E-state index < -0.39 is 9.84 Å². The summed E-state index contributed by atoms with van der Waals surface area (Å²) in [5.41, 5.74) is 5.36. The largest absolute Gasteiger partial charge is 0.370 e. The van der Waals surface area contributed by atoms with Crippen LogP contribution in [0.5, 0.6) is 0 Å². The van der Waals surface area contributed by atoms with Crippen LogP contribution in [0, 0.1) is 5.92 Å². The van der Waals surface area contributed by atoms with E-state index in [0.717, 1.165) is 19.4 Å². The number of guanidine groups is 1. The fraction of sp³-hybridized carbons (Fsp3) is 0.600. The lowest BCUT2D eigenvalue weighted by atomic mass is 9.95. The molecular weight excluding hydrogens is 503 g/mol. The number of piperidine rings is 1. The van der Waals surface area contributed by atoms with Gasteiger partial charge in [0.15, 0.2) is 15.8 Å². The first kappa shape index (κ1) is 25.7. The number of primary amides is 1. The highest BCUT2D eigenvalue weighted by Crippen LogP contribution is 2.20. The van der Waals surface area contributed by atoms with Crippen LogP contribution in [-0.4, -0.2) is 56.6 Å². The van der Waals surface area contributed by atoms with E-state index in [0.29, 0.717) is 36.8 Å². The Morgan fingerprint density at radius 1 is 1.31 bits per heavy atom. The van der Waals surface area contributed by atoms with E-state index in [1.807, 2.05) is 13.8 Å². The normalized spacial score (nSPS) is 18.6. The molecule has 2 unspecified atom stereocenters. The number of amides is 1. The molecule has 1 aliphatic heterocycles. The number of nitrogens with one attached hydrogen (secondary N) is 1. The van der Waals surface area contributed by atoms with Crippen LogP contribution in [0.3, 0.4) is 0 Å². The van der Waals surface area contributed by atoms with Crippen LogP contribution in [0.25, 0.3) is 0 Å². The van der Waals surface area contributed by atoms with Crippen molar-refractivity contribution < 1.29 is 13.2 Å². The molecule has 0 spiro atoms. The van der Waals surface area contributed by atoms with Crippen LogP contribution >= 0.6 is 24.0 Å². The average Bonchev–Trinajstić information content (AvgIpc) is 2.67. The van der Waals surface area contributed by atoms with Crippen LogP contribution in [-0.2, 0) is 14.6 Å². The highest BCUT2D eigenvalue weighted by Gasteiger charge is 2.26. The smallest absolute Gasteiger partial charge is 0.217 e. The number of halogens is 1. The van der Waals surface area contributed by atoms with Gasteiger partial charge in [-0.3, -0.25) is 9.79 Å². The summed E-state index contributed by atoms with van der Waals surface area (Å²) in [7, 11) is -3.39. The fourth-order valence-electron chi connectivity index (χ4n) is 3.53. The zero-order valence-corrected chi connectivity index (χ0v) is 20.4. The van der Waals surface area contributed by atoms with Gasteiger partial charge in [-0.25, -0.2) is 8.42 Å². The Kier molecular flexibility index (Phi) is 10.9. The molecule has 7 nitrogen and oxygen atoms in total. The maximum atomic E-state index is 12.7. The maximum absolute atomic E-state index is 12.7. The number of carbonyl (C=O) groups excluding carboxylic acids is 1. The van der Waals surface area contributed by atoms with Crippen molar-refractivity contribution in [3.8, 4) is 0 Å². The maximum Gasteiger partial charge on any atom is 0.217 e. The summed E-state index contributed by atoms with van der Waals surface area (Å²) in [6, 6.07) is 8.28. The van der Waals surface area contributed by atoms with Crippen LogP contribution in [0.15, 0.2) is 40.2 Å². The molecule has 0 saturated carbocycles.